The molecule has 0 radical (unpaired) electrons. The van der Waals surface area contributed by atoms with Gasteiger partial charge in [-0.25, -0.2) is 8.42 Å². The van der Waals surface area contributed by atoms with E-state index in [1.165, 1.54) is 36.4 Å². The second kappa shape index (κ2) is 5.88. The number of ether oxygens (including phenoxy) is 1. The molecule has 0 aliphatic rings. The fraction of sp³-hybridized carbons (Fsp3) is 0.250. The Kier molecular flexibility index (Phi) is 4.32. The van der Waals surface area contributed by atoms with Gasteiger partial charge in [0, 0.05) is 0 Å². The molecule has 0 amide bonds. The molecule has 0 heterocycles. The van der Waals surface area contributed by atoms with Crippen LogP contribution in [0.2, 0.25) is 0 Å². The minimum Gasteiger partial charge on any atom is -0.488 e. The Morgan fingerprint density at radius 3 is 1.73 bits per heavy atom. The third-order valence-electron chi connectivity index (χ3n) is 2.81. The van der Waals surface area contributed by atoms with Gasteiger partial charge in [0.15, 0.2) is 0 Å². The Labute approximate surface area is 129 Å². The lowest BCUT2D eigenvalue weighted by molar-refractivity contribution is 0.131. The van der Waals surface area contributed by atoms with E-state index in [0.29, 0.717) is 5.75 Å². The smallest absolute Gasteiger partial charge is 0.206 e. The normalized spacial score (nSPS) is 12.0. The molecule has 0 saturated heterocycles. The lowest BCUT2D eigenvalue weighted by atomic mass is 10.2. The number of nitroso groups, excluding NO2 is 1. The first-order valence-electron chi connectivity index (χ1n) is 6.70. The van der Waals surface area contributed by atoms with Crippen LogP contribution in [0.1, 0.15) is 20.8 Å². The van der Waals surface area contributed by atoms with Gasteiger partial charge in [0.25, 0.3) is 0 Å². The Hall–Kier alpha value is -2.21. The highest BCUT2D eigenvalue weighted by Gasteiger charge is 2.18. The summed E-state index contributed by atoms with van der Waals surface area (Å²) in [7, 11) is -3.62. The standard InChI is InChI=1S/C16H17NO4S/c1-16(2,3)21-13-6-10-15(11-7-13)22(19,20)14-8-4-12(17-18)5-9-14/h4-11H,1-3H3. The van der Waals surface area contributed by atoms with E-state index >= 15 is 0 Å². The van der Waals surface area contributed by atoms with Crippen LogP contribution in [-0.4, -0.2) is 14.0 Å². The molecule has 0 spiro atoms. The predicted molar refractivity (Wildman–Crippen MR) is 84.2 cm³/mol. The predicted octanol–water partition coefficient (Wildman–Crippen LogP) is 4.09. The van der Waals surface area contributed by atoms with Gasteiger partial charge in [-0.1, -0.05) is 0 Å². The van der Waals surface area contributed by atoms with E-state index in [-0.39, 0.29) is 21.1 Å². The lowest BCUT2D eigenvalue weighted by Crippen LogP contribution is -2.22. The maximum absolute atomic E-state index is 12.5. The quantitative estimate of drug-likeness (QED) is 0.795. The third-order valence-corrected chi connectivity index (χ3v) is 4.60. The Balaban J connectivity index is 2.31. The zero-order valence-electron chi connectivity index (χ0n) is 12.6. The molecule has 0 N–H and O–H groups in total. The Morgan fingerprint density at radius 1 is 0.864 bits per heavy atom. The van der Waals surface area contributed by atoms with Gasteiger partial charge in [-0.3, -0.25) is 0 Å². The van der Waals surface area contributed by atoms with Crippen molar-refractivity contribution in [2.75, 3.05) is 0 Å². The van der Waals surface area contributed by atoms with Crippen LogP contribution >= 0.6 is 0 Å². The summed E-state index contributed by atoms with van der Waals surface area (Å²) in [5, 5.41) is 2.75. The molecule has 0 unspecified atom stereocenters. The van der Waals surface area contributed by atoms with E-state index < -0.39 is 9.84 Å². The van der Waals surface area contributed by atoms with E-state index in [1.54, 1.807) is 12.1 Å². The zero-order chi connectivity index (χ0) is 16.4. The number of hydrogen-bond donors (Lipinski definition) is 0. The highest BCUT2D eigenvalue weighted by molar-refractivity contribution is 7.91. The summed E-state index contributed by atoms with van der Waals surface area (Å²) in [6.07, 6.45) is 0. The van der Waals surface area contributed by atoms with Crippen LogP contribution in [0.3, 0.4) is 0 Å². The van der Waals surface area contributed by atoms with E-state index in [2.05, 4.69) is 5.18 Å². The van der Waals surface area contributed by atoms with Gasteiger partial charge in [-0.05, 0) is 74.5 Å². The van der Waals surface area contributed by atoms with Crippen molar-refractivity contribution in [1.82, 2.24) is 0 Å². The van der Waals surface area contributed by atoms with E-state index in [4.69, 9.17) is 4.74 Å². The van der Waals surface area contributed by atoms with Crippen LogP contribution in [-0.2, 0) is 9.84 Å². The van der Waals surface area contributed by atoms with Crippen LogP contribution in [0, 0.1) is 4.91 Å². The van der Waals surface area contributed by atoms with E-state index in [9.17, 15) is 13.3 Å². The van der Waals surface area contributed by atoms with E-state index in [0.717, 1.165) is 0 Å². The average molecular weight is 319 g/mol. The average Bonchev–Trinajstić information content (AvgIpc) is 2.46. The molecule has 2 aromatic rings. The molecule has 0 aromatic heterocycles. The molecule has 0 fully saturated rings. The van der Waals surface area contributed by atoms with Crippen LogP contribution in [0.25, 0.3) is 0 Å². The molecule has 22 heavy (non-hydrogen) atoms. The molecule has 2 rings (SSSR count). The van der Waals surface area contributed by atoms with Crippen molar-refractivity contribution < 1.29 is 13.2 Å². The molecule has 0 saturated carbocycles. The number of nitrogens with zero attached hydrogens (tertiary/aromatic N) is 1. The molecular formula is C16H17NO4S. The topological polar surface area (TPSA) is 72.8 Å². The number of sulfone groups is 1. The second-order valence-corrected chi connectivity index (χ2v) is 7.72. The van der Waals surface area contributed by atoms with Crippen molar-refractivity contribution in [2.45, 2.75) is 36.2 Å². The Bertz CT molecular complexity index is 757. The van der Waals surface area contributed by atoms with Crippen molar-refractivity contribution in [2.24, 2.45) is 5.18 Å². The Morgan fingerprint density at radius 2 is 1.32 bits per heavy atom. The summed E-state index contributed by atoms with van der Waals surface area (Å²) >= 11 is 0. The first kappa shape index (κ1) is 16.2. The monoisotopic (exact) mass is 319 g/mol. The van der Waals surface area contributed by atoms with Gasteiger partial charge in [-0.2, -0.15) is 0 Å². The van der Waals surface area contributed by atoms with Gasteiger partial charge in [0.2, 0.25) is 9.84 Å². The molecule has 5 nitrogen and oxygen atoms in total. The molecular weight excluding hydrogens is 302 g/mol. The first-order valence-corrected chi connectivity index (χ1v) is 8.18. The first-order chi connectivity index (χ1) is 10.2. The third kappa shape index (κ3) is 3.71. The van der Waals surface area contributed by atoms with Crippen molar-refractivity contribution in [3.63, 3.8) is 0 Å². The van der Waals surface area contributed by atoms with Crippen LogP contribution in [0.4, 0.5) is 5.69 Å². The number of hydrogen-bond acceptors (Lipinski definition) is 5. The van der Waals surface area contributed by atoms with Crippen molar-refractivity contribution in [3.8, 4) is 5.75 Å². The fourth-order valence-corrected chi connectivity index (χ4v) is 3.12. The van der Waals surface area contributed by atoms with Crippen molar-refractivity contribution >= 4 is 15.5 Å². The van der Waals surface area contributed by atoms with Gasteiger partial charge < -0.3 is 4.74 Å². The molecule has 6 heteroatoms. The summed E-state index contributed by atoms with van der Waals surface area (Å²) in [5.41, 5.74) is -0.161. The van der Waals surface area contributed by atoms with Crippen LogP contribution in [0.15, 0.2) is 63.5 Å². The number of rotatable bonds is 4. The fourth-order valence-electron chi connectivity index (χ4n) is 1.86. The summed E-state index contributed by atoms with van der Waals surface area (Å²) in [6, 6.07) is 11.7. The highest BCUT2D eigenvalue weighted by Crippen LogP contribution is 2.26. The maximum atomic E-state index is 12.5. The molecule has 116 valence electrons. The minimum atomic E-state index is -3.62. The van der Waals surface area contributed by atoms with E-state index in [1.807, 2.05) is 20.8 Å². The van der Waals surface area contributed by atoms with Crippen molar-refractivity contribution in [3.05, 3.63) is 53.4 Å². The van der Waals surface area contributed by atoms with Crippen LogP contribution in [0.5, 0.6) is 5.75 Å². The summed E-state index contributed by atoms with van der Waals surface area (Å²) in [4.78, 5) is 10.7. The molecule has 0 atom stereocenters. The van der Waals surface area contributed by atoms with Gasteiger partial charge in [0.05, 0.1) is 9.79 Å². The van der Waals surface area contributed by atoms with Gasteiger partial charge >= 0.3 is 0 Å². The highest BCUT2D eigenvalue weighted by atomic mass is 32.2. The molecule has 2 aromatic carbocycles. The summed E-state index contributed by atoms with van der Waals surface area (Å²) in [6.45, 7) is 5.75. The zero-order valence-corrected chi connectivity index (χ0v) is 13.4. The maximum Gasteiger partial charge on any atom is 0.206 e. The van der Waals surface area contributed by atoms with Crippen LogP contribution < -0.4 is 4.74 Å². The molecule has 0 aliphatic carbocycles. The van der Waals surface area contributed by atoms with Gasteiger partial charge in [-0.15, -0.1) is 4.91 Å². The summed E-state index contributed by atoms with van der Waals surface area (Å²) in [5.74, 6) is 0.604. The minimum absolute atomic E-state index is 0.115. The molecule has 0 aliphatic heterocycles. The second-order valence-electron chi connectivity index (χ2n) is 5.77. The lowest BCUT2D eigenvalue weighted by Gasteiger charge is -2.21. The number of benzene rings is 2. The van der Waals surface area contributed by atoms with Crippen molar-refractivity contribution in [1.29, 1.82) is 0 Å². The molecule has 0 bridgehead atoms. The van der Waals surface area contributed by atoms with Gasteiger partial charge in [0.1, 0.15) is 17.0 Å². The largest absolute Gasteiger partial charge is 0.488 e. The summed E-state index contributed by atoms with van der Waals surface area (Å²) < 4.78 is 30.6. The SMILES string of the molecule is CC(C)(C)Oc1ccc(S(=O)(=O)c2ccc(N=O)cc2)cc1.